The molecular weight excluding hydrogens is 496 g/mol. The van der Waals surface area contributed by atoms with Crippen LogP contribution in [0.2, 0.25) is 5.04 Å². The molecule has 0 bridgehead atoms. The second kappa shape index (κ2) is 13.0. The molecule has 38 heavy (non-hydrogen) atoms. The van der Waals surface area contributed by atoms with Crippen LogP contribution >= 0.6 is 0 Å². The minimum absolute atomic E-state index is 0.0710. The summed E-state index contributed by atoms with van der Waals surface area (Å²) < 4.78 is 29.6. The zero-order chi connectivity index (χ0) is 27.0. The van der Waals surface area contributed by atoms with E-state index in [0.717, 1.165) is 10.4 Å². The van der Waals surface area contributed by atoms with Crippen LogP contribution in [0.5, 0.6) is 0 Å². The number of rotatable bonds is 9. The molecule has 1 saturated heterocycles. The Morgan fingerprint density at radius 2 is 1.58 bits per heavy atom. The van der Waals surface area contributed by atoms with E-state index in [2.05, 4.69) is 56.9 Å². The van der Waals surface area contributed by atoms with Crippen molar-refractivity contribution in [1.29, 1.82) is 0 Å². The van der Waals surface area contributed by atoms with Crippen molar-refractivity contribution in [2.45, 2.75) is 63.3 Å². The highest BCUT2D eigenvalue weighted by Crippen LogP contribution is 2.36. The van der Waals surface area contributed by atoms with Gasteiger partial charge < -0.3 is 23.4 Å². The lowest BCUT2D eigenvalue weighted by atomic mass is 10.0. The summed E-state index contributed by atoms with van der Waals surface area (Å²) in [5.74, 6) is 5.56. The summed E-state index contributed by atoms with van der Waals surface area (Å²) in [5.41, 5.74) is 0. The summed E-state index contributed by atoms with van der Waals surface area (Å²) in [5, 5.41) is 2.05. The highest BCUT2D eigenvalue weighted by molar-refractivity contribution is 6.99. The quantitative estimate of drug-likeness (QED) is 0.212. The third-order valence-corrected chi connectivity index (χ3v) is 12.0. The maximum Gasteiger partial charge on any atom is 0.261 e. The SMILES string of the molecule is COC1C=CC(CC2OCCO2)OC1CC#CC(=O)CO[Si](c1ccccc1)(c1ccccc1)C(C)(C)C. The van der Waals surface area contributed by atoms with Gasteiger partial charge >= 0.3 is 0 Å². The highest BCUT2D eigenvalue weighted by Gasteiger charge is 2.50. The molecule has 0 N–H and O–H groups in total. The van der Waals surface area contributed by atoms with Crippen molar-refractivity contribution in [3.05, 3.63) is 72.8 Å². The molecule has 0 spiro atoms. The Bertz CT molecular complexity index is 1090. The van der Waals surface area contributed by atoms with Crippen molar-refractivity contribution >= 4 is 24.5 Å². The average molecular weight is 535 g/mol. The molecule has 4 rings (SSSR count). The number of Topliss-reactive ketones (excluding diaryl/α,β-unsaturated/α-hetero) is 1. The van der Waals surface area contributed by atoms with Crippen LogP contribution in [0.1, 0.15) is 33.6 Å². The summed E-state index contributed by atoms with van der Waals surface area (Å²) in [4.78, 5) is 13.0. The lowest BCUT2D eigenvalue weighted by molar-refractivity contribution is -0.115. The van der Waals surface area contributed by atoms with E-state index in [4.69, 9.17) is 23.4 Å². The van der Waals surface area contributed by atoms with E-state index in [1.54, 1.807) is 7.11 Å². The van der Waals surface area contributed by atoms with E-state index in [1.807, 2.05) is 48.6 Å². The number of methoxy groups -OCH3 is 1. The molecule has 0 amide bonds. The molecule has 0 aromatic heterocycles. The lowest BCUT2D eigenvalue weighted by Crippen LogP contribution is -2.66. The fourth-order valence-corrected chi connectivity index (χ4v) is 9.69. The van der Waals surface area contributed by atoms with E-state index < -0.39 is 8.32 Å². The maximum atomic E-state index is 13.0. The zero-order valence-electron chi connectivity index (χ0n) is 22.7. The number of ether oxygens (including phenoxy) is 4. The third-order valence-electron chi connectivity index (χ3n) is 6.99. The number of hydrogen-bond donors (Lipinski definition) is 0. The maximum absolute atomic E-state index is 13.0. The van der Waals surface area contributed by atoms with Crippen LogP contribution in [0.3, 0.4) is 0 Å². The first kappa shape index (κ1) is 28.4. The Balaban J connectivity index is 1.45. The van der Waals surface area contributed by atoms with Gasteiger partial charge in [-0.25, -0.2) is 0 Å². The Kier molecular flexibility index (Phi) is 9.72. The number of ketones is 1. The van der Waals surface area contributed by atoms with Gasteiger partial charge in [0.25, 0.3) is 8.32 Å². The summed E-state index contributed by atoms with van der Waals surface area (Å²) in [6.07, 6.45) is 4.04. The molecule has 202 valence electrons. The first-order valence-electron chi connectivity index (χ1n) is 13.2. The van der Waals surface area contributed by atoms with Crippen LogP contribution in [-0.2, 0) is 28.2 Å². The van der Waals surface area contributed by atoms with Crippen molar-refractivity contribution < 1.29 is 28.2 Å². The average Bonchev–Trinajstić information content (AvgIpc) is 3.43. The fraction of sp³-hybridized carbons (Fsp3) is 0.452. The van der Waals surface area contributed by atoms with Crippen LogP contribution in [0, 0.1) is 11.8 Å². The summed E-state index contributed by atoms with van der Waals surface area (Å²) in [6, 6.07) is 20.5. The first-order valence-corrected chi connectivity index (χ1v) is 15.1. The van der Waals surface area contributed by atoms with E-state index in [-0.39, 0.29) is 42.0 Å². The monoisotopic (exact) mass is 534 g/mol. The van der Waals surface area contributed by atoms with Crippen molar-refractivity contribution in [1.82, 2.24) is 0 Å². The molecule has 2 heterocycles. The summed E-state index contributed by atoms with van der Waals surface area (Å²) in [7, 11) is -1.15. The summed E-state index contributed by atoms with van der Waals surface area (Å²) >= 11 is 0. The van der Waals surface area contributed by atoms with Gasteiger partial charge in [0, 0.05) is 20.0 Å². The molecule has 2 aliphatic heterocycles. The standard InChI is InChI=1S/C31H38O6Si/c1-31(2,3)38(26-13-7-5-8-14-26,27-15-9-6-10-16-27)36-23-24(32)12-11-17-29-28(33-4)19-18-25(37-29)22-30-34-20-21-35-30/h5-10,13-16,18-19,25,28-30H,17,20-23H2,1-4H3. The van der Waals surface area contributed by atoms with Gasteiger partial charge in [-0.15, -0.1) is 0 Å². The number of benzene rings is 2. The Labute approximate surface area is 227 Å². The Morgan fingerprint density at radius 3 is 2.13 bits per heavy atom. The van der Waals surface area contributed by atoms with Crippen LogP contribution in [0.15, 0.2) is 72.8 Å². The van der Waals surface area contributed by atoms with Gasteiger partial charge in [0.2, 0.25) is 5.78 Å². The van der Waals surface area contributed by atoms with E-state index in [0.29, 0.717) is 26.1 Å². The second-order valence-corrected chi connectivity index (χ2v) is 14.9. The van der Waals surface area contributed by atoms with Crippen LogP contribution in [0.4, 0.5) is 0 Å². The van der Waals surface area contributed by atoms with Crippen LogP contribution < -0.4 is 10.4 Å². The van der Waals surface area contributed by atoms with Gasteiger partial charge in [0.05, 0.1) is 25.4 Å². The largest absolute Gasteiger partial charge is 0.399 e. The van der Waals surface area contributed by atoms with Gasteiger partial charge in [-0.05, 0) is 21.3 Å². The molecule has 2 aromatic carbocycles. The number of carbonyl (C=O) groups is 1. The highest BCUT2D eigenvalue weighted by atomic mass is 28.4. The fourth-order valence-electron chi connectivity index (χ4n) is 5.19. The van der Waals surface area contributed by atoms with Crippen molar-refractivity contribution in [2.75, 3.05) is 26.9 Å². The molecule has 3 atom stereocenters. The Hall–Kier alpha value is -2.57. The molecule has 0 saturated carbocycles. The molecule has 1 fully saturated rings. The molecule has 3 unspecified atom stereocenters. The minimum Gasteiger partial charge on any atom is -0.399 e. The number of hydrogen-bond acceptors (Lipinski definition) is 6. The predicted molar refractivity (Wildman–Crippen MR) is 150 cm³/mol. The zero-order valence-corrected chi connectivity index (χ0v) is 23.7. The molecule has 0 aliphatic carbocycles. The van der Waals surface area contributed by atoms with Crippen LogP contribution in [0.25, 0.3) is 0 Å². The third kappa shape index (κ3) is 6.70. The Morgan fingerprint density at radius 1 is 0.974 bits per heavy atom. The second-order valence-electron chi connectivity index (χ2n) is 10.6. The van der Waals surface area contributed by atoms with Gasteiger partial charge in [-0.1, -0.05) is 99.5 Å². The predicted octanol–water partition coefficient (Wildman–Crippen LogP) is 3.63. The van der Waals surface area contributed by atoms with E-state index in [1.165, 1.54) is 0 Å². The minimum atomic E-state index is -2.79. The number of carbonyl (C=O) groups excluding carboxylic acids is 1. The first-order chi connectivity index (χ1) is 18.3. The van der Waals surface area contributed by atoms with E-state index >= 15 is 0 Å². The molecular formula is C31H38O6Si. The lowest BCUT2D eigenvalue weighted by Gasteiger charge is -2.42. The van der Waals surface area contributed by atoms with Crippen molar-refractivity contribution in [2.24, 2.45) is 0 Å². The van der Waals surface area contributed by atoms with E-state index in [9.17, 15) is 4.79 Å². The van der Waals surface area contributed by atoms with Crippen LogP contribution in [-0.4, -0.2) is 65.6 Å². The molecule has 2 aliphatic rings. The van der Waals surface area contributed by atoms with Crippen molar-refractivity contribution in [3.63, 3.8) is 0 Å². The van der Waals surface area contributed by atoms with Gasteiger partial charge in [0.15, 0.2) is 6.29 Å². The topological polar surface area (TPSA) is 63.2 Å². The normalized spacial score (nSPS) is 22.2. The smallest absolute Gasteiger partial charge is 0.261 e. The molecule has 0 radical (unpaired) electrons. The molecule has 2 aromatic rings. The van der Waals surface area contributed by atoms with Gasteiger partial charge in [0.1, 0.15) is 12.7 Å². The van der Waals surface area contributed by atoms with Gasteiger partial charge in [-0.2, -0.15) is 0 Å². The molecule has 6 nitrogen and oxygen atoms in total. The van der Waals surface area contributed by atoms with Gasteiger partial charge in [-0.3, -0.25) is 4.79 Å². The van der Waals surface area contributed by atoms with Crippen molar-refractivity contribution in [3.8, 4) is 11.8 Å². The molecule has 7 heteroatoms. The summed E-state index contributed by atoms with van der Waals surface area (Å²) in [6.45, 7) is 7.70.